The number of carbonyl (C=O) groups excluding carboxylic acids is 1. The Morgan fingerprint density at radius 2 is 2.20 bits per heavy atom. The van der Waals surface area contributed by atoms with E-state index in [-0.39, 0.29) is 17.0 Å². The molecule has 5 heteroatoms. The van der Waals surface area contributed by atoms with Gasteiger partial charge in [0.25, 0.3) is 11.5 Å². The topological polar surface area (TPSA) is 74.8 Å². The predicted octanol–water partition coefficient (Wildman–Crippen LogP) is 2.01. The van der Waals surface area contributed by atoms with Gasteiger partial charge in [-0.2, -0.15) is 0 Å². The van der Waals surface area contributed by atoms with Gasteiger partial charge in [0.15, 0.2) is 0 Å². The standard InChI is InChI=1S/C15H19N3O2/c1-9(2)4-6-17-14(19)12-8-11-10(3)16-7-5-13(11)18-15(12)20/h5,7-9H,4,6H2,1-3H3,(H,17,19)(H,18,20). The number of nitrogens with one attached hydrogen (secondary N) is 2. The van der Waals surface area contributed by atoms with E-state index in [9.17, 15) is 9.59 Å². The van der Waals surface area contributed by atoms with Crippen LogP contribution in [-0.2, 0) is 0 Å². The minimum Gasteiger partial charge on any atom is -0.352 e. The number of hydrogen-bond acceptors (Lipinski definition) is 3. The Balaban J connectivity index is 2.30. The molecule has 0 spiro atoms. The zero-order valence-corrected chi connectivity index (χ0v) is 12.0. The molecular formula is C15H19N3O2. The van der Waals surface area contributed by atoms with Crippen molar-refractivity contribution in [2.45, 2.75) is 27.2 Å². The van der Waals surface area contributed by atoms with Gasteiger partial charge in [-0.3, -0.25) is 14.6 Å². The largest absolute Gasteiger partial charge is 0.352 e. The molecule has 0 saturated carbocycles. The number of fused-ring (bicyclic) bond motifs is 1. The van der Waals surface area contributed by atoms with E-state index in [1.807, 2.05) is 6.92 Å². The summed E-state index contributed by atoms with van der Waals surface area (Å²) in [6, 6.07) is 3.34. The molecular weight excluding hydrogens is 254 g/mol. The van der Waals surface area contributed by atoms with E-state index in [1.54, 1.807) is 18.3 Å². The molecule has 20 heavy (non-hydrogen) atoms. The fraction of sp³-hybridized carbons (Fsp3) is 0.400. The molecule has 0 aliphatic carbocycles. The van der Waals surface area contributed by atoms with Gasteiger partial charge in [0, 0.05) is 23.8 Å². The third-order valence-corrected chi connectivity index (χ3v) is 3.22. The number of pyridine rings is 2. The van der Waals surface area contributed by atoms with E-state index < -0.39 is 0 Å². The molecule has 0 aliphatic rings. The average molecular weight is 273 g/mol. The van der Waals surface area contributed by atoms with E-state index in [2.05, 4.69) is 29.1 Å². The molecule has 0 radical (unpaired) electrons. The Morgan fingerprint density at radius 3 is 2.90 bits per heavy atom. The fourth-order valence-corrected chi connectivity index (χ4v) is 2.01. The smallest absolute Gasteiger partial charge is 0.261 e. The Hall–Kier alpha value is -2.17. The number of nitrogens with zero attached hydrogens (tertiary/aromatic N) is 1. The summed E-state index contributed by atoms with van der Waals surface area (Å²) in [6.45, 7) is 6.59. The van der Waals surface area contributed by atoms with Crippen LogP contribution in [0.25, 0.3) is 10.9 Å². The molecule has 2 N–H and O–H groups in total. The highest BCUT2D eigenvalue weighted by molar-refractivity contribution is 5.97. The van der Waals surface area contributed by atoms with Gasteiger partial charge in [0.1, 0.15) is 5.56 Å². The van der Waals surface area contributed by atoms with Crippen LogP contribution in [0.4, 0.5) is 0 Å². The van der Waals surface area contributed by atoms with Gasteiger partial charge >= 0.3 is 0 Å². The molecule has 2 rings (SSSR count). The maximum absolute atomic E-state index is 12.1. The van der Waals surface area contributed by atoms with Crippen molar-refractivity contribution < 1.29 is 4.79 Å². The fourth-order valence-electron chi connectivity index (χ4n) is 2.01. The number of rotatable bonds is 4. The van der Waals surface area contributed by atoms with Gasteiger partial charge in [-0.05, 0) is 31.4 Å². The van der Waals surface area contributed by atoms with Crippen LogP contribution in [0.1, 0.15) is 36.3 Å². The van der Waals surface area contributed by atoms with Crippen molar-refractivity contribution in [2.24, 2.45) is 5.92 Å². The van der Waals surface area contributed by atoms with Crippen molar-refractivity contribution in [3.63, 3.8) is 0 Å². The molecule has 0 aliphatic heterocycles. The molecule has 0 unspecified atom stereocenters. The predicted molar refractivity (Wildman–Crippen MR) is 78.9 cm³/mol. The normalized spacial score (nSPS) is 11.0. The van der Waals surface area contributed by atoms with Crippen LogP contribution in [0.15, 0.2) is 23.1 Å². The van der Waals surface area contributed by atoms with Gasteiger partial charge in [-0.25, -0.2) is 0 Å². The lowest BCUT2D eigenvalue weighted by atomic mass is 10.1. The second-order valence-corrected chi connectivity index (χ2v) is 5.31. The summed E-state index contributed by atoms with van der Waals surface area (Å²) < 4.78 is 0. The van der Waals surface area contributed by atoms with Crippen molar-refractivity contribution in [1.82, 2.24) is 15.3 Å². The highest BCUT2D eigenvalue weighted by Gasteiger charge is 2.12. The molecule has 0 saturated heterocycles. The minimum absolute atomic E-state index is 0.136. The Bertz CT molecular complexity index is 689. The average Bonchev–Trinajstić information content (AvgIpc) is 2.37. The summed E-state index contributed by atoms with van der Waals surface area (Å²) in [4.78, 5) is 30.9. The van der Waals surface area contributed by atoms with Crippen molar-refractivity contribution in [2.75, 3.05) is 6.54 Å². The van der Waals surface area contributed by atoms with E-state index >= 15 is 0 Å². The van der Waals surface area contributed by atoms with Crippen molar-refractivity contribution in [3.05, 3.63) is 39.9 Å². The van der Waals surface area contributed by atoms with Crippen molar-refractivity contribution in [1.29, 1.82) is 0 Å². The number of H-pyrrole nitrogens is 1. The molecule has 2 aromatic rings. The molecule has 0 aromatic carbocycles. The lowest BCUT2D eigenvalue weighted by molar-refractivity contribution is 0.0950. The third kappa shape index (κ3) is 3.04. The first-order chi connectivity index (χ1) is 9.49. The SMILES string of the molecule is Cc1nccc2[nH]c(=O)c(C(=O)NCCC(C)C)cc12. The number of carbonyl (C=O) groups is 1. The quantitative estimate of drug-likeness (QED) is 0.894. The van der Waals surface area contributed by atoms with E-state index in [0.29, 0.717) is 18.0 Å². The van der Waals surface area contributed by atoms with Crippen LogP contribution < -0.4 is 10.9 Å². The number of aromatic nitrogens is 2. The van der Waals surface area contributed by atoms with Crippen LogP contribution in [0.2, 0.25) is 0 Å². The van der Waals surface area contributed by atoms with Crippen LogP contribution in [0.5, 0.6) is 0 Å². The van der Waals surface area contributed by atoms with Gasteiger partial charge in [0.05, 0.1) is 5.52 Å². The first-order valence-corrected chi connectivity index (χ1v) is 6.76. The van der Waals surface area contributed by atoms with Crippen LogP contribution >= 0.6 is 0 Å². The lowest BCUT2D eigenvalue weighted by Gasteiger charge is -2.08. The number of hydrogen-bond donors (Lipinski definition) is 2. The molecule has 1 amide bonds. The maximum atomic E-state index is 12.1. The lowest BCUT2D eigenvalue weighted by Crippen LogP contribution is -2.30. The molecule has 0 bridgehead atoms. The van der Waals surface area contributed by atoms with Gasteiger partial charge in [-0.15, -0.1) is 0 Å². The molecule has 106 valence electrons. The van der Waals surface area contributed by atoms with E-state index in [0.717, 1.165) is 17.5 Å². The van der Waals surface area contributed by atoms with Crippen LogP contribution in [-0.4, -0.2) is 22.4 Å². The van der Waals surface area contributed by atoms with E-state index in [4.69, 9.17) is 0 Å². The minimum atomic E-state index is -0.370. The Morgan fingerprint density at radius 1 is 1.45 bits per heavy atom. The number of aryl methyl sites for hydroxylation is 1. The highest BCUT2D eigenvalue weighted by Crippen LogP contribution is 2.13. The zero-order chi connectivity index (χ0) is 14.7. The molecule has 0 atom stereocenters. The first kappa shape index (κ1) is 14.2. The highest BCUT2D eigenvalue weighted by atomic mass is 16.2. The Labute approximate surface area is 117 Å². The zero-order valence-electron chi connectivity index (χ0n) is 12.0. The Kier molecular flexibility index (Phi) is 4.17. The van der Waals surface area contributed by atoms with E-state index in [1.165, 1.54) is 0 Å². The maximum Gasteiger partial charge on any atom is 0.261 e. The monoisotopic (exact) mass is 273 g/mol. The molecule has 0 fully saturated rings. The number of amides is 1. The van der Waals surface area contributed by atoms with Crippen molar-refractivity contribution in [3.8, 4) is 0 Å². The summed E-state index contributed by atoms with van der Waals surface area (Å²) in [6.07, 6.45) is 2.52. The molecule has 2 aromatic heterocycles. The summed E-state index contributed by atoms with van der Waals surface area (Å²) in [5, 5.41) is 3.57. The summed E-state index contributed by atoms with van der Waals surface area (Å²) in [7, 11) is 0. The summed E-state index contributed by atoms with van der Waals surface area (Å²) in [5.41, 5.74) is 1.25. The third-order valence-electron chi connectivity index (χ3n) is 3.22. The second kappa shape index (κ2) is 5.86. The number of aromatic amines is 1. The van der Waals surface area contributed by atoms with Gasteiger partial charge < -0.3 is 10.3 Å². The summed E-state index contributed by atoms with van der Waals surface area (Å²) >= 11 is 0. The molecule has 5 nitrogen and oxygen atoms in total. The summed E-state index contributed by atoms with van der Waals surface area (Å²) in [5.74, 6) is 0.175. The van der Waals surface area contributed by atoms with Gasteiger partial charge in [-0.1, -0.05) is 13.8 Å². The van der Waals surface area contributed by atoms with Crippen LogP contribution in [0, 0.1) is 12.8 Å². The second-order valence-electron chi connectivity index (χ2n) is 5.31. The van der Waals surface area contributed by atoms with Gasteiger partial charge in [0.2, 0.25) is 0 Å². The first-order valence-electron chi connectivity index (χ1n) is 6.76. The van der Waals surface area contributed by atoms with Crippen molar-refractivity contribution >= 4 is 16.8 Å². The molecule has 2 heterocycles. The van der Waals surface area contributed by atoms with Crippen LogP contribution in [0.3, 0.4) is 0 Å².